The lowest BCUT2D eigenvalue weighted by atomic mass is 10.4. The number of carbonyl (C=O) groups excluding carboxylic acids is 1. The summed E-state index contributed by atoms with van der Waals surface area (Å²) in [7, 11) is 1.79. The minimum atomic E-state index is -0.0973. The summed E-state index contributed by atoms with van der Waals surface area (Å²) in [5, 5.41) is 5.96. The molecule has 1 aromatic heterocycles. The predicted molar refractivity (Wildman–Crippen MR) is 56.4 cm³/mol. The monoisotopic (exact) mass is 213 g/mol. The number of rotatable bonds is 4. The molecule has 4 nitrogen and oxygen atoms in total. The van der Waals surface area contributed by atoms with Crippen LogP contribution in [0.2, 0.25) is 5.02 Å². The van der Waals surface area contributed by atoms with Crippen molar-refractivity contribution in [2.75, 3.05) is 18.9 Å². The SMILES string of the molecule is CNCCC(=O)Nc1ncccc1Cl. The van der Waals surface area contributed by atoms with Crippen molar-refractivity contribution in [3.63, 3.8) is 0 Å². The minimum absolute atomic E-state index is 0.0973. The fourth-order valence-electron chi connectivity index (χ4n) is 0.911. The lowest BCUT2D eigenvalue weighted by Crippen LogP contribution is -2.19. The molecule has 0 atom stereocenters. The standard InChI is InChI=1S/C9H12ClN3O/c1-11-6-4-8(14)13-9-7(10)3-2-5-12-9/h2-3,5,11H,4,6H2,1H3,(H,12,13,14). The smallest absolute Gasteiger partial charge is 0.226 e. The van der Waals surface area contributed by atoms with Gasteiger partial charge < -0.3 is 10.6 Å². The molecular formula is C9H12ClN3O. The van der Waals surface area contributed by atoms with Crippen molar-refractivity contribution in [2.45, 2.75) is 6.42 Å². The Morgan fingerprint density at radius 3 is 3.07 bits per heavy atom. The van der Waals surface area contributed by atoms with Gasteiger partial charge in [-0.05, 0) is 19.2 Å². The van der Waals surface area contributed by atoms with Gasteiger partial charge in [0, 0.05) is 19.2 Å². The molecule has 76 valence electrons. The molecule has 0 aliphatic carbocycles. The van der Waals surface area contributed by atoms with Crippen LogP contribution < -0.4 is 10.6 Å². The largest absolute Gasteiger partial charge is 0.319 e. The molecule has 0 fully saturated rings. The third-order valence-electron chi connectivity index (χ3n) is 1.62. The second-order valence-electron chi connectivity index (χ2n) is 2.74. The van der Waals surface area contributed by atoms with E-state index in [0.29, 0.717) is 23.8 Å². The van der Waals surface area contributed by atoms with Crippen LogP contribution in [0.25, 0.3) is 0 Å². The van der Waals surface area contributed by atoms with Crippen LogP contribution in [-0.2, 0) is 4.79 Å². The summed E-state index contributed by atoms with van der Waals surface area (Å²) < 4.78 is 0. The van der Waals surface area contributed by atoms with Gasteiger partial charge in [0.15, 0.2) is 5.82 Å². The van der Waals surface area contributed by atoms with Crippen molar-refractivity contribution in [1.29, 1.82) is 0 Å². The quantitative estimate of drug-likeness (QED) is 0.793. The molecule has 1 heterocycles. The molecule has 0 saturated heterocycles. The fraction of sp³-hybridized carbons (Fsp3) is 0.333. The van der Waals surface area contributed by atoms with Crippen molar-refractivity contribution >= 4 is 23.3 Å². The second kappa shape index (κ2) is 5.57. The van der Waals surface area contributed by atoms with E-state index in [0.717, 1.165) is 0 Å². The molecular weight excluding hydrogens is 202 g/mol. The minimum Gasteiger partial charge on any atom is -0.319 e. The predicted octanol–water partition coefficient (Wildman–Crippen LogP) is 1.28. The second-order valence-corrected chi connectivity index (χ2v) is 3.14. The molecule has 14 heavy (non-hydrogen) atoms. The van der Waals surface area contributed by atoms with Gasteiger partial charge in [0.2, 0.25) is 5.91 Å². The zero-order valence-electron chi connectivity index (χ0n) is 7.88. The highest BCUT2D eigenvalue weighted by Crippen LogP contribution is 2.17. The van der Waals surface area contributed by atoms with E-state index in [-0.39, 0.29) is 5.91 Å². The Labute approximate surface area is 87.7 Å². The average Bonchev–Trinajstić information content (AvgIpc) is 2.18. The molecule has 0 spiro atoms. The molecule has 0 radical (unpaired) electrons. The van der Waals surface area contributed by atoms with Crippen LogP contribution in [0.3, 0.4) is 0 Å². The summed E-state index contributed by atoms with van der Waals surface area (Å²) >= 11 is 5.81. The number of amides is 1. The van der Waals surface area contributed by atoms with Gasteiger partial charge in [0.05, 0.1) is 5.02 Å². The first kappa shape index (κ1) is 10.9. The van der Waals surface area contributed by atoms with Crippen LogP contribution in [0.4, 0.5) is 5.82 Å². The first-order valence-electron chi connectivity index (χ1n) is 4.29. The van der Waals surface area contributed by atoms with E-state index in [1.54, 1.807) is 25.4 Å². The maximum absolute atomic E-state index is 11.3. The van der Waals surface area contributed by atoms with E-state index in [1.807, 2.05) is 0 Å². The van der Waals surface area contributed by atoms with Gasteiger partial charge in [-0.25, -0.2) is 4.98 Å². The lowest BCUT2D eigenvalue weighted by molar-refractivity contribution is -0.116. The van der Waals surface area contributed by atoms with E-state index in [1.165, 1.54) is 0 Å². The van der Waals surface area contributed by atoms with E-state index in [9.17, 15) is 4.79 Å². The highest BCUT2D eigenvalue weighted by atomic mass is 35.5. The molecule has 1 aromatic rings. The van der Waals surface area contributed by atoms with Gasteiger partial charge in [-0.15, -0.1) is 0 Å². The average molecular weight is 214 g/mol. The van der Waals surface area contributed by atoms with Gasteiger partial charge in [-0.2, -0.15) is 0 Å². The Hall–Kier alpha value is -1.13. The Morgan fingerprint density at radius 2 is 2.43 bits per heavy atom. The highest BCUT2D eigenvalue weighted by molar-refractivity contribution is 6.33. The van der Waals surface area contributed by atoms with Gasteiger partial charge in [-0.3, -0.25) is 4.79 Å². The topological polar surface area (TPSA) is 54.0 Å². The zero-order valence-corrected chi connectivity index (χ0v) is 8.64. The van der Waals surface area contributed by atoms with Crippen LogP contribution in [0, 0.1) is 0 Å². The number of hydrogen-bond acceptors (Lipinski definition) is 3. The van der Waals surface area contributed by atoms with Crippen LogP contribution in [-0.4, -0.2) is 24.5 Å². The van der Waals surface area contributed by atoms with Gasteiger partial charge in [-0.1, -0.05) is 11.6 Å². The fourth-order valence-corrected chi connectivity index (χ4v) is 1.08. The summed E-state index contributed by atoms with van der Waals surface area (Å²) in [6.45, 7) is 0.635. The molecule has 1 amide bonds. The number of nitrogens with zero attached hydrogens (tertiary/aromatic N) is 1. The number of hydrogen-bond donors (Lipinski definition) is 2. The molecule has 0 unspecified atom stereocenters. The third-order valence-corrected chi connectivity index (χ3v) is 1.92. The Kier molecular flexibility index (Phi) is 4.35. The van der Waals surface area contributed by atoms with Gasteiger partial charge in [0.1, 0.15) is 0 Å². The first-order chi connectivity index (χ1) is 6.74. The van der Waals surface area contributed by atoms with Crippen molar-refractivity contribution in [2.24, 2.45) is 0 Å². The van der Waals surface area contributed by atoms with E-state index < -0.39 is 0 Å². The molecule has 1 rings (SSSR count). The Morgan fingerprint density at radius 1 is 1.64 bits per heavy atom. The molecule has 0 aromatic carbocycles. The Balaban J connectivity index is 2.52. The van der Waals surface area contributed by atoms with Crippen LogP contribution >= 0.6 is 11.6 Å². The van der Waals surface area contributed by atoms with E-state index in [2.05, 4.69) is 15.6 Å². The number of aromatic nitrogens is 1. The lowest BCUT2D eigenvalue weighted by Gasteiger charge is -2.04. The molecule has 0 saturated carbocycles. The van der Waals surface area contributed by atoms with Gasteiger partial charge >= 0.3 is 0 Å². The summed E-state index contributed by atoms with van der Waals surface area (Å²) in [4.78, 5) is 15.2. The van der Waals surface area contributed by atoms with E-state index in [4.69, 9.17) is 11.6 Å². The third kappa shape index (κ3) is 3.32. The Bertz CT molecular complexity index is 317. The molecule has 0 aliphatic rings. The van der Waals surface area contributed by atoms with Crippen molar-refractivity contribution in [3.8, 4) is 0 Å². The van der Waals surface area contributed by atoms with E-state index >= 15 is 0 Å². The van der Waals surface area contributed by atoms with Crippen molar-refractivity contribution in [1.82, 2.24) is 10.3 Å². The van der Waals surface area contributed by atoms with Gasteiger partial charge in [0.25, 0.3) is 0 Å². The maximum Gasteiger partial charge on any atom is 0.226 e. The summed E-state index contributed by atoms with van der Waals surface area (Å²) in [5.74, 6) is 0.315. The van der Waals surface area contributed by atoms with Crippen LogP contribution in [0.5, 0.6) is 0 Å². The van der Waals surface area contributed by atoms with Crippen molar-refractivity contribution < 1.29 is 4.79 Å². The molecule has 0 bridgehead atoms. The van der Waals surface area contributed by atoms with Crippen LogP contribution in [0.15, 0.2) is 18.3 Å². The number of pyridine rings is 1. The normalized spacial score (nSPS) is 9.86. The summed E-state index contributed by atoms with van der Waals surface area (Å²) in [6.07, 6.45) is 1.99. The number of nitrogens with one attached hydrogen (secondary N) is 2. The summed E-state index contributed by atoms with van der Waals surface area (Å²) in [6, 6.07) is 3.40. The molecule has 0 aliphatic heterocycles. The molecule has 5 heteroatoms. The highest BCUT2D eigenvalue weighted by Gasteiger charge is 2.04. The maximum atomic E-state index is 11.3. The van der Waals surface area contributed by atoms with Crippen molar-refractivity contribution in [3.05, 3.63) is 23.4 Å². The number of halogens is 1. The number of carbonyl (C=O) groups is 1. The number of anilines is 1. The molecule has 2 N–H and O–H groups in total. The summed E-state index contributed by atoms with van der Waals surface area (Å²) in [5.41, 5.74) is 0. The first-order valence-corrected chi connectivity index (χ1v) is 4.67. The van der Waals surface area contributed by atoms with Crippen LogP contribution in [0.1, 0.15) is 6.42 Å². The zero-order chi connectivity index (χ0) is 10.4.